The molecule has 33 heavy (non-hydrogen) atoms. The highest BCUT2D eigenvalue weighted by Gasteiger charge is 2.38. The summed E-state index contributed by atoms with van der Waals surface area (Å²) in [5, 5.41) is 10.5. The number of fused-ring (bicyclic) bond motifs is 1. The van der Waals surface area contributed by atoms with E-state index in [1.807, 2.05) is 0 Å². The van der Waals surface area contributed by atoms with Crippen LogP contribution < -0.4 is 4.74 Å². The number of piperidine rings is 1. The second kappa shape index (κ2) is 10.6. The molecular weight excluding hydrogens is 443 g/mol. The molecule has 1 N–H and O–H groups in total. The molecule has 1 aromatic heterocycles. The fourth-order valence-corrected chi connectivity index (χ4v) is 6.06. The fraction of sp³-hybridized carbons (Fsp3) is 0.615. The molecule has 2 aliphatic rings. The van der Waals surface area contributed by atoms with Gasteiger partial charge in [0, 0.05) is 23.7 Å². The van der Waals surface area contributed by atoms with E-state index in [1.165, 1.54) is 31.9 Å². The maximum atomic E-state index is 15.7. The maximum absolute atomic E-state index is 15.7. The number of nitrogens with zero attached hydrogens (tertiary/aromatic N) is 2. The van der Waals surface area contributed by atoms with Gasteiger partial charge in [-0.25, -0.2) is 4.39 Å². The SMILES string of the molecule is COc1ccc2ncc(Cl)c([C@H](F)CCC3(CC(=O)O)CCN(CC4CCCC4)CC3)c2c1. The molecule has 1 saturated heterocycles. The van der Waals surface area contributed by atoms with Gasteiger partial charge in [-0.3, -0.25) is 9.78 Å². The van der Waals surface area contributed by atoms with Gasteiger partial charge in [0.1, 0.15) is 11.9 Å². The van der Waals surface area contributed by atoms with Gasteiger partial charge >= 0.3 is 5.97 Å². The van der Waals surface area contributed by atoms with Crippen LogP contribution in [0.1, 0.15) is 69.5 Å². The molecular formula is C26H34ClFN2O3. The maximum Gasteiger partial charge on any atom is 0.303 e. The number of alkyl halides is 1. The van der Waals surface area contributed by atoms with E-state index >= 15 is 4.39 Å². The summed E-state index contributed by atoms with van der Waals surface area (Å²) in [5.41, 5.74) is 0.720. The first kappa shape index (κ1) is 24.2. The molecule has 1 saturated carbocycles. The first-order valence-corrected chi connectivity index (χ1v) is 12.5. The summed E-state index contributed by atoms with van der Waals surface area (Å²) < 4.78 is 21.0. The van der Waals surface area contributed by atoms with Gasteiger partial charge in [0.15, 0.2) is 0 Å². The minimum absolute atomic E-state index is 0.0929. The first-order chi connectivity index (χ1) is 15.9. The van der Waals surface area contributed by atoms with Crippen LogP contribution in [0.5, 0.6) is 5.75 Å². The summed E-state index contributed by atoms with van der Waals surface area (Å²) in [5.74, 6) is 0.607. The number of benzene rings is 1. The highest BCUT2D eigenvalue weighted by molar-refractivity contribution is 6.32. The van der Waals surface area contributed by atoms with Crippen molar-refractivity contribution in [2.75, 3.05) is 26.7 Å². The Balaban J connectivity index is 1.46. The number of likely N-dealkylation sites (tertiary alicyclic amines) is 1. The molecule has 0 radical (unpaired) electrons. The lowest BCUT2D eigenvalue weighted by Crippen LogP contribution is -2.43. The van der Waals surface area contributed by atoms with Crippen LogP contribution in [-0.4, -0.2) is 47.7 Å². The van der Waals surface area contributed by atoms with E-state index in [-0.39, 0.29) is 18.3 Å². The molecule has 0 bridgehead atoms. The monoisotopic (exact) mass is 476 g/mol. The second-order valence-electron chi connectivity index (χ2n) is 9.93. The van der Waals surface area contributed by atoms with Crippen LogP contribution in [0.3, 0.4) is 0 Å². The third-order valence-corrected chi connectivity index (χ3v) is 8.04. The second-order valence-corrected chi connectivity index (χ2v) is 10.3. The lowest BCUT2D eigenvalue weighted by molar-refractivity contribution is -0.141. The third kappa shape index (κ3) is 5.78. The number of pyridine rings is 1. The summed E-state index contributed by atoms with van der Waals surface area (Å²) >= 11 is 6.39. The zero-order valence-electron chi connectivity index (χ0n) is 19.4. The van der Waals surface area contributed by atoms with Crippen molar-refractivity contribution >= 4 is 28.5 Å². The van der Waals surface area contributed by atoms with Gasteiger partial charge in [-0.05, 0) is 81.1 Å². The van der Waals surface area contributed by atoms with Crippen molar-refractivity contribution in [3.63, 3.8) is 0 Å². The lowest BCUT2D eigenvalue weighted by Gasteiger charge is -2.42. The van der Waals surface area contributed by atoms with E-state index in [1.54, 1.807) is 25.3 Å². The van der Waals surface area contributed by atoms with Crippen molar-refractivity contribution in [1.82, 2.24) is 9.88 Å². The molecule has 1 atom stereocenters. The van der Waals surface area contributed by atoms with Gasteiger partial charge in [0.05, 0.1) is 24.1 Å². The van der Waals surface area contributed by atoms with Gasteiger partial charge < -0.3 is 14.7 Å². The number of carbonyl (C=O) groups is 1. The molecule has 2 heterocycles. The van der Waals surface area contributed by atoms with E-state index in [4.69, 9.17) is 16.3 Å². The number of rotatable bonds is 9. The number of carboxylic acids is 1. The van der Waals surface area contributed by atoms with E-state index in [2.05, 4.69) is 9.88 Å². The number of hydrogen-bond donors (Lipinski definition) is 1. The molecule has 1 aliphatic carbocycles. The Morgan fingerprint density at radius 3 is 2.73 bits per heavy atom. The smallest absolute Gasteiger partial charge is 0.303 e. The van der Waals surface area contributed by atoms with Gasteiger partial charge in [-0.15, -0.1) is 0 Å². The molecule has 0 spiro atoms. The average Bonchev–Trinajstić information content (AvgIpc) is 3.31. The van der Waals surface area contributed by atoms with Crippen molar-refractivity contribution in [2.45, 2.75) is 64.0 Å². The Hall–Kier alpha value is -1.92. The van der Waals surface area contributed by atoms with Crippen LogP contribution >= 0.6 is 11.6 Å². The van der Waals surface area contributed by atoms with Gasteiger partial charge in [-0.2, -0.15) is 0 Å². The molecule has 5 nitrogen and oxygen atoms in total. The fourth-order valence-electron chi connectivity index (χ4n) is 5.79. The van der Waals surface area contributed by atoms with E-state index in [0.717, 1.165) is 38.4 Å². The molecule has 0 amide bonds. The molecule has 2 fully saturated rings. The number of methoxy groups -OCH3 is 1. The number of halogens is 2. The number of ether oxygens (including phenoxy) is 1. The van der Waals surface area contributed by atoms with Crippen LogP contribution in [-0.2, 0) is 4.79 Å². The van der Waals surface area contributed by atoms with Gasteiger partial charge in [0.25, 0.3) is 0 Å². The summed E-state index contributed by atoms with van der Waals surface area (Å²) in [6.45, 7) is 2.92. The van der Waals surface area contributed by atoms with Crippen molar-refractivity contribution in [2.24, 2.45) is 11.3 Å². The lowest BCUT2D eigenvalue weighted by atomic mass is 9.71. The molecule has 1 aliphatic heterocycles. The zero-order chi connectivity index (χ0) is 23.4. The predicted octanol–water partition coefficient (Wildman–Crippen LogP) is 6.43. The molecule has 180 valence electrons. The summed E-state index contributed by atoms with van der Waals surface area (Å²) in [6, 6.07) is 5.36. The largest absolute Gasteiger partial charge is 0.497 e. The van der Waals surface area contributed by atoms with E-state index < -0.39 is 12.1 Å². The Kier molecular flexibility index (Phi) is 7.75. The minimum Gasteiger partial charge on any atom is -0.497 e. The number of hydrogen-bond acceptors (Lipinski definition) is 4. The van der Waals surface area contributed by atoms with Crippen molar-refractivity contribution in [1.29, 1.82) is 0 Å². The van der Waals surface area contributed by atoms with Crippen molar-refractivity contribution in [3.05, 3.63) is 35.0 Å². The van der Waals surface area contributed by atoms with Gasteiger partial charge in [0.2, 0.25) is 0 Å². The van der Waals surface area contributed by atoms with E-state index in [0.29, 0.717) is 33.7 Å². The molecule has 7 heteroatoms. The minimum atomic E-state index is -1.29. The van der Waals surface area contributed by atoms with Gasteiger partial charge in [-0.1, -0.05) is 24.4 Å². The molecule has 1 aromatic carbocycles. The quantitative estimate of drug-likeness (QED) is 0.451. The van der Waals surface area contributed by atoms with Crippen LogP contribution in [0, 0.1) is 11.3 Å². The Morgan fingerprint density at radius 1 is 1.33 bits per heavy atom. The van der Waals surface area contributed by atoms with Crippen LogP contribution in [0.15, 0.2) is 24.4 Å². The normalized spacial score (nSPS) is 20.2. The standard InChI is InChI=1S/C26H34ClFN2O3/c1-33-19-6-7-23-20(14-19)25(21(27)16-29-23)22(28)8-9-26(15-24(31)32)10-12-30(13-11-26)17-18-4-2-3-5-18/h6-7,14,16,18,22H,2-5,8-13,15,17H2,1H3,(H,31,32)/t22-/m1/s1. The number of carboxylic acid groups (broad SMARTS) is 1. The van der Waals surface area contributed by atoms with Crippen LogP contribution in [0.25, 0.3) is 10.9 Å². The molecule has 0 unspecified atom stereocenters. The summed E-state index contributed by atoms with van der Waals surface area (Å²) in [6.07, 6.45) is 7.95. The van der Waals surface area contributed by atoms with Crippen LogP contribution in [0.2, 0.25) is 5.02 Å². The number of aliphatic carboxylic acids is 1. The molecule has 2 aromatic rings. The third-order valence-electron chi connectivity index (χ3n) is 7.74. The Morgan fingerprint density at radius 2 is 2.06 bits per heavy atom. The van der Waals surface area contributed by atoms with E-state index in [9.17, 15) is 9.90 Å². The highest BCUT2D eigenvalue weighted by Crippen LogP contribution is 2.44. The summed E-state index contributed by atoms with van der Waals surface area (Å²) in [4.78, 5) is 18.5. The zero-order valence-corrected chi connectivity index (χ0v) is 20.1. The predicted molar refractivity (Wildman–Crippen MR) is 129 cm³/mol. The Bertz CT molecular complexity index is 971. The first-order valence-electron chi connectivity index (χ1n) is 12.1. The topological polar surface area (TPSA) is 62.7 Å². The Labute approximate surface area is 200 Å². The summed E-state index contributed by atoms with van der Waals surface area (Å²) in [7, 11) is 1.57. The van der Waals surface area contributed by atoms with Crippen molar-refractivity contribution in [3.8, 4) is 5.75 Å². The molecule has 4 rings (SSSR count). The van der Waals surface area contributed by atoms with Crippen LogP contribution in [0.4, 0.5) is 4.39 Å². The average molecular weight is 477 g/mol. The number of aromatic nitrogens is 1. The highest BCUT2D eigenvalue weighted by atomic mass is 35.5. The van der Waals surface area contributed by atoms with Crippen molar-refractivity contribution < 1.29 is 19.0 Å².